The normalized spacial score (nSPS) is 11.0. The van der Waals surface area contributed by atoms with Crippen LogP contribution < -0.4 is 5.73 Å². The molecule has 0 saturated heterocycles. The number of anilines is 1. The van der Waals surface area contributed by atoms with Crippen LogP contribution in [-0.2, 0) is 0 Å². The number of nitrogens with zero attached hydrogens (tertiary/aromatic N) is 3. The summed E-state index contributed by atoms with van der Waals surface area (Å²) in [4.78, 5) is 8.33. The first-order valence-electron chi connectivity index (χ1n) is 5.51. The molecule has 0 spiro atoms. The van der Waals surface area contributed by atoms with Crippen molar-refractivity contribution in [3.8, 4) is 5.69 Å². The lowest BCUT2D eigenvalue weighted by atomic mass is 10.1. The molecule has 3 aromatic rings. The molecule has 0 amide bonds. The van der Waals surface area contributed by atoms with Crippen LogP contribution in [-0.4, -0.2) is 14.5 Å². The minimum atomic E-state index is -0.403. The van der Waals surface area contributed by atoms with E-state index >= 15 is 0 Å². The van der Waals surface area contributed by atoms with E-state index in [1.165, 1.54) is 6.07 Å². The smallest absolute Gasteiger partial charge is 0.151 e. The summed E-state index contributed by atoms with van der Waals surface area (Å²) in [6.07, 6.45) is 4.95. The zero-order valence-electron chi connectivity index (χ0n) is 9.76. The van der Waals surface area contributed by atoms with Gasteiger partial charge in [-0.25, -0.2) is 9.37 Å². The molecule has 0 atom stereocenters. The third-order valence-electron chi connectivity index (χ3n) is 2.92. The van der Waals surface area contributed by atoms with Crippen molar-refractivity contribution in [1.82, 2.24) is 14.5 Å². The van der Waals surface area contributed by atoms with Gasteiger partial charge in [0.25, 0.3) is 0 Å². The molecular formula is C13H11FN4. The third kappa shape index (κ3) is 1.44. The summed E-state index contributed by atoms with van der Waals surface area (Å²) >= 11 is 0. The lowest BCUT2D eigenvalue weighted by Crippen LogP contribution is -2.03. The van der Waals surface area contributed by atoms with E-state index in [1.54, 1.807) is 29.2 Å². The first kappa shape index (κ1) is 10.7. The van der Waals surface area contributed by atoms with Crippen molar-refractivity contribution in [2.75, 3.05) is 5.73 Å². The van der Waals surface area contributed by atoms with E-state index in [9.17, 15) is 4.39 Å². The Morgan fingerprint density at radius 3 is 2.83 bits per heavy atom. The van der Waals surface area contributed by atoms with Gasteiger partial charge in [-0.15, -0.1) is 0 Å². The predicted molar refractivity (Wildman–Crippen MR) is 68.0 cm³/mol. The van der Waals surface area contributed by atoms with E-state index in [4.69, 9.17) is 5.73 Å². The van der Waals surface area contributed by atoms with Crippen LogP contribution in [0.15, 0.2) is 36.8 Å². The van der Waals surface area contributed by atoms with Gasteiger partial charge >= 0.3 is 0 Å². The van der Waals surface area contributed by atoms with E-state index < -0.39 is 5.82 Å². The van der Waals surface area contributed by atoms with Crippen molar-refractivity contribution >= 4 is 16.6 Å². The van der Waals surface area contributed by atoms with Crippen LogP contribution in [0.25, 0.3) is 16.6 Å². The lowest BCUT2D eigenvalue weighted by Gasteiger charge is -2.11. The van der Waals surface area contributed by atoms with Crippen LogP contribution in [0.4, 0.5) is 10.1 Å². The van der Waals surface area contributed by atoms with E-state index in [2.05, 4.69) is 9.97 Å². The lowest BCUT2D eigenvalue weighted by molar-refractivity contribution is 0.619. The SMILES string of the molecule is Cc1nccn1-c1c(F)cc(N)c2cccnc12. The van der Waals surface area contributed by atoms with Gasteiger partial charge in [-0.1, -0.05) is 0 Å². The molecule has 0 fully saturated rings. The first-order valence-corrected chi connectivity index (χ1v) is 5.51. The second-order valence-corrected chi connectivity index (χ2v) is 4.04. The van der Waals surface area contributed by atoms with E-state index in [0.717, 1.165) is 5.39 Å². The van der Waals surface area contributed by atoms with Gasteiger partial charge in [0.15, 0.2) is 5.82 Å². The Morgan fingerprint density at radius 2 is 2.11 bits per heavy atom. The largest absolute Gasteiger partial charge is 0.398 e. The molecule has 0 saturated carbocycles. The molecule has 90 valence electrons. The number of nitrogen functional groups attached to an aromatic ring is 1. The summed E-state index contributed by atoms with van der Waals surface area (Å²) in [5.41, 5.74) is 7.12. The molecular weight excluding hydrogens is 231 g/mol. The fraction of sp³-hybridized carbons (Fsp3) is 0.0769. The second-order valence-electron chi connectivity index (χ2n) is 4.04. The van der Waals surface area contributed by atoms with Gasteiger partial charge in [-0.2, -0.15) is 0 Å². The van der Waals surface area contributed by atoms with Crippen LogP contribution in [0.2, 0.25) is 0 Å². The van der Waals surface area contributed by atoms with Crippen LogP contribution in [0.3, 0.4) is 0 Å². The van der Waals surface area contributed by atoms with Gasteiger partial charge < -0.3 is 5.73 Å². The number of fused-ring (bicyclic) bond motifs is 1. The van der Waals surface area contributed by atoms with Crippen LogP contribution in [0.5, 0.6) is 0 Å². The number of aromatic nitrogens is 3. The number of aryl methyl sites for hydroxylation is 1. The van der Waals surface area contributed by atoms with Gasteiger partial charge in [0.1, 0.15) is 11.5 Å². The number of nitrogens with two attached hydrogens (primary N) is 1. The molecule has 1 aromatic carbocycles. The van der Waals surface area contributed by atoms with Crippen molar-refractivity contribution in [2.45, 2.75) is 6.92 Å². The minimum absolute atomic E-state index is 0.384. The monoisotopic (exact) mass is 242 g/mol. The second kappa shape index (κ2) is 3.80. The maximum Gasteiger partial charge on any atom is 0.151 e. The summed E-state index contributed by atoms with van der Waals surface area (Å²) in [5, 5.41) is 0.738. The van der Waals surface area contributed by atoms with Crippen molar-refractivity contribution in [2.24, 2.45) is 0 Å². The van der Waals surface area contributed by atoms with Crippen molar-refractivity contribution in [3.63, 3.8) is 0 Å². The highest BCUT2D eigenvalue weighted by Gasteiger charge is 2.14. The molecule has 0 aliphatic heterocycles. The zero-order chi connectivity index (χ0) is 12.7. The molecule has 2 heterocycles. The highest BCUT2D eigenvalue weighted by atomic mass is 19.1. The molecule has 0 unspecified atom stereocenters. The maximum atomic E-state index is 14.2. The van der Waals surface area contributed by atoms with Gasteiger partial charge in [-0.3, -0.25) is 9.55 Å². The molecule has 2 aromatic heterocycles. The number of pyridine rings is 1. The molecule has 0 aliphatic carbocycles. The Labute approximate surface area is 103 Å². The van der Waals surface area contributed by atoms with Crippen LogP contribution >= 0.6 is 0 Å². The Balaban J connectivity index is 2.46. The van der Waals surface area contributed by atoms with Crippen LogP contribution in [0, 0.1) is 12.7 Å². The molecule has 0 bridgehead atoms. The van der Waals surface area contributed by atoms with Gasteiger partial charge in [-0.05, 0) is 25.1 Å². The molecule has 2 N–H and O–H groups in total. The third-order valence-corrected chi connectivity index (χ3v) is 2.92. The summed E-state index contributed by atoms with van der Waals surface area (Å²) in [5.74, 6) is 0.297. The molecule has 5 heteroatoms. The Morgan fingerprint density at radius 1 is 1.28 bits per heavy atom. The molecule has 4 nitrogen and oxygen atoms in total. The van der Waals surface area contributed by atoms with E-state index in [0.29, 0.717) is 22.7 Å². The summed E-state index contributed by atoms with van der Waals surface area (Å²) in [7, 11) is 0. The average molecular weight is 242 g/mol. The van der Waals surface area contributed by atoms with E-state index in [-0.39, 0.29) is 0 Å². The summed E-state index contributed by atoms with van der Waals surface area (Å²) in [6.45, 7) is 1.81. The fourth-order valence-corrected chi connectivity index (χ4v) is 2.07. The fourth-order valence-electron chi connectivity index (χ4n) is 2.07. The number of rotatable bonds is 1. The average Bonchev–Trinajstić information content (AvgIpc) is 2.76. The number of benzene rings is 1. The molecule has 0 radical (unpaired) electrons. The maximum absolute atomic E-state index is 14.2. The van der Waals surface area contributed by atoms with Gasteiger partial charge in [0, 0.05) is 29.7 Å². The van der Waals surface area contributed by atoms with Gasteiger partial charge in [0.2, 0.25) is 0 Å². The van der Waals surface area contributed by atoms with Crippen molar-refractivity contribution in [1.29, 1.82) is 0 Å². The number of hydrogen-bond donors (Lipinski definition) is 1. The highest BCUT2D eigenvalue weighted by Crippen LogP contribution is 2.28. The predicted octanol–water partition coefficient (Wildman–Crippen LogP) is 2.45. The zero-order valence-corrected chi connectivity index (χ0v) is 9.76. The Kier molecular flexibility index (Phi) is 2.26. The number of hydrogen-bond acceptors (Lipinski definition) is 3. The van der Waals surface area contributed by atoms with E-state index in [1.807, 2.05) is 13.0 Å². The highest BCUT2D eigenvalue weighted by molar-refractivity contribution is 5.95. The Hall–Kier alpha value is -2.43. The first-order chi connectivity index (χ1) is 8.68. The topological polar surface area (TPSA) is 56.7 Å². The number of halogens is 1. The van der Waals surface area contributed by atoms with Gasteiger partial charge in [0.05, 0.1) is 5.52 Å². The molecule has 0 aliphatic rings. The standard InChI is InChI=1S/C13H11FN4/c1-8-16-5-6-18(8)13-10(14)7-11(15)9-3-2-4-17-12(9)13/h2-7H,15H2,1H3. The molecule has 18 heavy (non-hydrogen) atoms. The minimum Gasteiger partial charge on any atom is -0.398 e. The Bertz CT molecular complexity index is 733. The summed E-state index contributed by atoms with van der Waals surface area (Å²) < 4.78 is 15.8. The summed E-state index contributed by atoms with van der Waals surface area (Å²) in [6, 6.07) is 4.92. The quantitative estimate of drug-likeness (QED) is 0.667. The van der Waals surface area contributed by atoms with Crippen LogP contribution in [0.1, 0.15) is 5.82 Å². The van der Waals surface area contributed by atoms with Crippen molar-refractivity contribution < 1.29 is 4.39 Å². The molecule has 3 rings (SSSR count). The van der Waals surface area contributed by atoms with Crippen molar-refractivity contribution in [3.05, 3.63) is 48.4 Å². The number of imidazole rings is 1.